The lowest BCUT2D eigenvalue weighted by Crippen LogP contribution is -2.03. The predicted octanol–water partition coefficient (Wildman–Crippen LogP) is 4.25. The summed E-state index contributed by atoms with van der Waals surface area (Å²) in [6, 6.07) is 14.1. The minimum absolute atomic E-state index is 0.512. The van der Waals surface area contributed by atoms with Crippen LogP contribution in [-0.4, -0.2) is 21.2 Å². The monoisotopic (exact) mass is 366 g/mol. The summed E-state index contributed by atoms with van der Waals surface area (Å²) in [5.41, 5.74) is 9.74. The maximum atomic E-state index is 6.80. The molecule has 4 aromatic rings. The highest BCUT2D eigenvalue weighted by Crippen LogP contribution is 2.37. The Morgan fingerprint density at radius 1 is 1.15 bits per heavy atom. The van der Waals surface area contributed by atoms with Gasteiger partial charge in [-0.25, -0.2) is 4.98 Å². The minimum atomic E-state index is 0.512. The Kier molecular flexibility index (Phi) is 4.18. The standard InChI is InChI=1S/C20H19ClN4O/c1-13-11-24(12-23-13)20-19(21)17-9-16(26-2)7-8-18(17)25(20)15-5-3-14(10-22)4-6-15/h3-9,11-12H,10,22H2,1-2H3. The SMILES string of the molecule is COc1ccc2c(c1)c(Cl)c(-n1cnc(C)c1)n2-c1ccc(CN)cc1. The zero-order valence-corrected chi connectivity index (χ0v) is 15.4. The van der Waals surface area contributed by atoms with Crippen LogP contribution in [0.25, 0.3) is 22.4 Å². The fourth-order valence-electron chi connectivity index (χ4n) is 3.15. The summed E-state index contributed by atoms with van der Waals surface area (Å²) in [6.45, 7) is 2.47. The van der Waals surface area contributed by atoms with Gasteiger partial charge in [-0.2, -0.15) is 0 Å². The van der Waals surface area contributed by atoms with Crippen LogP contribution in [0.2, 0.25) is 5.02 Å². The van der Waals surface area contributed by atoms with Crippen molar-refractivity contribution in [3.8, 4) is 17.3 Å². The lowest BCUT2D eigenvalue weighted by molar-refractivity contribution is 0.415. The molecule has 0 bridgehead atoms. The van der Waals surface area contributed by atoms with E-state index in [1.807, 2.05) is 48.0 Å². The number of nitrogens with two attached hydrogens (primary N) is 1. The van der Waals surface area contributed by atoms with E-state index in [0.29, 0.717) is 11.6 Å². The molecule has 0 radical (unpaired) electrons. The van der Waals surface area contributed by atoms with E-state index >= 15 is 0 Å². The van der Waals surface area contributed by atoms with Crippen molar-refractivity contribution in [2.45, 2.75) is 13.5 Å². The third kappa shape index (κ3) is 2.66. The van der Waals surface area contributed by atoms with Crippen LogP contribution in [0.15, 0.2) is 55.0 Å². The Balaban J connectivity index is 2.04. The number of ether oxygens (including phenoxy) is 1. The number of benzene rings is 2. The fraction of sp³-hybridized carbons (Fsp3) is 0.150. The number of methoxy groups -OCH3 is 1. The van der Waals surface area contributed by atoms with Crippen LogP contribution in [0.3, 0.4) is 0 Å². The molecule has 2 aromatic carbocycles. The molecule has 0 saturated carbocycles. The number of hydrogen-bond acceptors (Lipinski definition) is 3. The molecule has 2 heterocycles. The molecule has 2 aromatic heterocycles. The molecule has 0 atom stereocenters. The number of rotatable bonds is 4. The van der Waals surface area contributed by atoms with Crippen molar-refractivity contribution in [2.75, 3.05) is 7.11 Å². The van der Waals surface area contributed by atoms with Crippen molar-refractivity contribution in [3.63, 3.8) is 0 Å². The zero-order valence-electron chi connectivity index (χ0n) is 14.6. The summed E-state index contributed by atoms with van der Waals surface area (Å²) in [5, 5.41) is 1.58. The van der Waals surface area contributed by atoms with Crippen molar-refractivity contribution in [3.05, 3.63) is 71.3 Å². The van der Waals surface area contributed by atoms with Gasteiger partial charge in [-0.3, -0.25) is 9.13 Å². The van der Waals surface area contributed by atoms with Gasteiger partial charge in [0.05, 0.1) is 23.3 Å². The second-order valence-corrected chi connectivity index (χ2v) is 6.53. The Morgan fingerprint density at radius 3 is 2.54 bits per heavy atom. The van der Waals surface area contributed by atoms with Crippen LogP contribution >= 0.6 is 11.6 Å². The maximum Gasteiger partial charge on any atom is 0.142 e. The first-order chi connectivity index (χ1) is 12.6. The van der Waals surface area contributed by atoms with Gasteiger partial charge in [0.15, 0.2) is 0 Å². The van der Waals surface area contributed by atoms with E-state index in [1.54, 1.807) is 13.4 Å². The molecule has 132 valence electrons. The third-order valence-corrected chi connectivity index (χ3v) is 4.85. The van der Waals surface area contributed by atoms with Gasteiger partial charge in [0.1, 0.15) is 17.9 Å². The van der Waals surface area contributed by atoms with Crippen LogP contribution in [0.1, 0.15) is 11.3 Å². The molecule has 0 saturated heterocycles. The topological polar surface area (TPSA) is 58.0 Å². The Bertz CT molecular complexity index is 1080. The van der Waals surface area contributed by atoms with E-state index < -0.39 is 0 Å². The molecule has 2 N–H and O–H groups in total. The van der Waals surface area contributed by atoms with Crippen LogP contribution in [0.4, 0.5) is 0 Å². The normalized spacial score (nSPS) is 11.2. The number of imidazole rings is 1. The number of nitrogens with zero attached hydrogens (tertiary/aromatic N) is 3. The average molecular weight is 367 g/mol. The van der Waals surface area contributed by atoms with Gasteiger partial charge in [0, 0.05) is 23.8 Å². The first-order valence-corrected chi connectivity index (χ1v) is 8.68. The van der Waals surface area contributed by atoms with E-state index in [2.05, 4.69) is 21.7 Å². The molecule has 0 aliphatic heterocycles. The van der Waals surface area contributed by atoms with Crippen LogP contribution < -0.4 is 10.5 Å². The molecule has 4 rings (SSSR count). The van der Waals surface area contributed by atoms with Crippen LogP contribution in [0, 0.1) is 6.92 Å². The highest BCUT2D eigenvalue weighted by Gasteiger charge is 2.19. The summed E-state index contributed by atoms with van der Waals surface area (Å²) in [7, 11) is 1.65. The second-order valence-electron chi connectivity index (χ2n) is 6.15. The number of aromatic nitrogens is 3. The number of aryl methyl sites for hydroxylation is 1. The Morgan fingerprint density at radius 2 is 1.92 bits per heavy atom. The first kappa shape index (κ1) is 16.7. The van der Waals surface area contributed by atoms with Crippen molar-refractivity contribution in [2.24, 2.45) is 5.73 Å². The quantitative estimate of drug-likeness (QED) is 0.587. The number of fused-ring (bicyclic) bond motifs is 1. The smallest absolute Gasteiger partial charge is 0.142 e. The van der Waals surface area contributed by atoms with Gasteiger partial charge in [0.25, 0.3) is 0 Å². The fourth-order valence-corrected chi connectivity index (χ4v) is 3.49. The van der Waals surface area contributed by atoms with Gasteiger partial charge in [0.2, 0.25) is 0 Å². The first-order valence-electron chi connectivity index (χ1n) is 8.30. The molecular weight excluding hydrogens is 348 g/mol. The Hall–Kier alpha value is -2.76. The van der Waals surface area contributed by atoms with E-state index in [0.717, 1.165) is 39.4 Å². The van der Waals surface area contributed by atoms with Gasteiger partial charge >= 0.3 is 0 Å². The van der Waals surface area contributed by atoms with E-state index in [-0.39, 0.29) is 0 Å². The molecule has 5 nitrogen and oxygen atoms in total. The zero-order chi connectivity index (χ0) is 18.3. The number of hydrogen-bond donors (Lipinski definition) is 1. The third-order valence-electron chi connectivity index (χ3n) is 4.48. The van der Waals surface area contributed by atoms with Crippen LogP contribution in [0.5, 0.6) is 5.75 Å². The summed E-state index contributed by atoms with van der Waals surface area (Å²) in [6.07, 6.45) is 3.74. The highest BCUT2D eigenvalue weighted by molar-refractivity contribution is 6.37. The van der Waals surface area contributed by atoms with Crippen molar-refractivity contribution >= 4 is 22.5 Å². The minimum Gasteiger partial charge on any atom is -0.497 e. The van der Waals surface area contributed by atoms with Gasteiger partial charge in [-0.15, -0.1) is 0 Å². The van der Waals surface area contributed by atoms with Gasteiger partial charge in [-0.05, 0) is 42.8 Å². The molecule has 26 heavy (non-hydrogen) atoms. The second kappa shape index (κ2) is 6.52. The molecule has 0 fully saturated rings. The van der Waals surface area contributed by atoms with Gasteiger partial charge in [-0.1, -0.05) is 23.7 Å². The predicted molar refractivity (Wildman–Crippen MR) is 105 cm³/mol. The molecule has 0 spiro atoms. The van der Waals surface area contributed by atoms with Crippen molar-refractivity contribution in [1.29, 1.82) is 0 Å². The lowest BCUT2D eigenvalue weighted by Gasteiger charge is -2.12. The largest absolute Gasteiger partial charge is 0.497 e. The lowest BCUT2D eigenvalue weighted by atomic mass is 10.2. The number of halogens is 1. The molecule has 0 amide bonds. The van der Waals surface area contributed by atoms with E-state index in [1.165, 1.54) is 0 Å². The van der Waals surface area contributed by atoms with Crippen molar-refractivity contribution < 1.29 is 4.74 Å². The maximum absolute atomic E-state index is 6.80. The van der Waals surface area contributed by atoms with Gasteiger partial charge < -0.3 is 10.5 Å². The molecule has 0 aliphatic rings. The molecule has 0 aliphatic carbocycles. The van der Waals surface area contributed by atoms with E-state index in [4.69, 9.17) is 22.1 Å². The Labute approximate surface area is 156 Å². The molecule has 0 unspecified atom stereocenters. The van der Waals surface area contributed by atoms with Crippen LogP contribution in [-0.2, 0) is 6.54 Å². The summed E-state index contributed by atoms with van der Waals surface area (Å²) in [4.78, 5) is 4.35. The highest BCUT2D eigenvalue weighted by atomic mass is 35.5. The van der Waals surface area contributed by atoms with E-state index in [9.17, 15) is 0 Å². The summed E-state index contributed by atoms with van der Waals surface area (Å²) < 4.78 is 9.44. The van der Waals surface area contributed by atoms with Crippen molar-refractivity contribution in [1.82, 2.24) is 14.1 Å². The summed E-state index contributed by atoms with van der Waals surface area (Å²) >= 11 is 6.80. The summed E-state index contributed by atoms with van der Waals surface area (Å²) in [5.74, 6) is 1.61. The molecular formula is C20H19ClN4O. The molecule has 6 heteroatoms. The average Bonchev–Trinajstić information content (AvgIpc) is 3.22.